The van der Waals surface area contributed by atoms with Gasteiger partial charge in [-0.05, 0) is 31.5 Å². The van der Waals surface area contributed by atoms with Crippen LogP contribution in [0.25, 0.3) is 0 Å². The summed E-state index contributed by atoms with van der Waals surface area (Å²) in [6.07, 6.45) is 0. The number of benzene rings is 1. The van der Waals surface area contributed by atoms with Gasteiger partial charge >= 0.3 is 0 Å². The molecule has 0 fully saturated rings. The minimum atomic E-state index is -1.24. The Balaban J connectivity index is 2.69. The lowest BCUT2D eigenvalue weighted by atomic mass is 10.1. The summed E-state index contributed by atoms with van der Waals surface area (Å²) >= 11 is 5.90. The number of halogens is 1. The Bertz CT molecular complexity index is 337. The standard InChI is InChI=1S/C11H15ClO3/c1-8-3-4-9(12)10(5-8)15-7-11(2,14)6-13/h3-5,13-14H,6-7H2,1-2H3. The number of aryl methyl sites for hydroxylation is 1. The minimum Gasteiger partial charge on any atom is -0.489 e. The van der Waals surface area contributed by atoms with Gasteiger partial charge in [0.1, 0.15) is 18.0 Å². The van der Waals surface area contributed by atoms with Crippen molar-refractivity contribution in [1.29, 1.82) is 0 Å². The van der Waals surface area contributed by atoms with Gasteiger partial charge in [-0.2, -0.15) is 0 Å². The molecule has 15 heavy (non-hydrogen) atoms. The van der Waals surface area contributed by atoms with Crippen molar-refractivity contribution < 1.29 is 14.9 Å². The number of aliphatic hydroxyl groups is 2. The SMILES string of the molecule is Cc1ccc(Cl)c(OCC(C)(O)CO)c1. The predicted octanol–water partition coefficient (Wildman–Crippen LogP) is 1.77. The molecule has 2 N–H and O–H groups in total. The van der Waals surface area contributed by atoms with Gasteiger partial charge in [-0.3, -0.25) is 0 Å². The molecule has 1 aromatic carbocycles. The van der Waals surface area contributed by atoms with Gasteiger partial charge in [-0.25, -0.2) is 0 Å². The Hall–Kier alpha value is -0.770. The highest BCUT2D eigenvalue weighted by atomic mass is 35.5. The van der Waals surface area contributed by atoms with Gasteiger partial charge in [0, 0.05) is 0 Å². The van der Waals surface area contributed by atoms with E-state index in [4.69, 9.17) is 21.4 Å². The van der Waals surface area contributed by atoms with E-state index in [1.807, 2.05) is 13.0 Å². The Morgan fingerprint density at radius 1 is 1.47 bits per heavy atom. The molecule has 0 bridgehead atoms. The van der Waals surface area contributed by atoms with Gasteiger partial charge in [0.15, 0.2) is 0 Å². The van der Waals surface area contributed by atoms with Crippen LogP contribution in [0.5, 0.6) is 5.75 Å². The van der Waals surface area contributed by atoms with Crippen LogP contribution in [0.4, 0.5) is 0 Å². The van der Waals surface area contributed by atoms with Crippen molar-refractivity contribution in [3.8, 4) is 5.75 Å². The van der Waals surface area contributed by atoms with Crippen LogP contribution >= 0.6 is 11.6 Å². The van der Waals surface area contributed by atoms with Crippen LogP contribution in [-0.2, 0) is 0 Å². The lowest BCUT2D eigenvalue weighted by molar-refractivity contribution is -0.0324. The Labute approximate surface area is 94.3 Å². The third kappa shape index (κ3) is 3.70. The number of rotatable bonds is 4. The summed E-state index contributed by atoms with van der Waals surface area (Å²) < 4.78 is 5.33. The second-order valence-corrected chi connectivity index (χ2v) is 4.28. The van der Waals surface area contributed by atoms with E-state index >= 15 is 0 Å². The topological polar surface area (TPSA) is 49.7 Å². The highest BCUT2D eigenvalue weighted by Crippen LogP contribution is 2.25. The van der Waals surface area contributed by atoms with Crippen LogP contribution in [0.1, 0.15) is 12.5 Å². The van der Waals surface area contributed by atoms with Crippen molar-refractivity contribution in [2.24, 2.45) is 0 Å². The zero-order chi connectivity index (χ0) is 11.5. The third-order valence-corrected chi connectivity index (χ3v) is 2.28. The smallest absolute Gasteiger partial charge is 0.138 e. The average molecular weight is 231 g/mol. The summed E-state index contributed by atoms with van der Waals surface area (Å²) in [5, 5.41) is 18.9. The first-order valence-corrected chi connectivity index (χ1v) is 5.04. The van der Waals surface area contributed by atoms with Crippen molar-refractivity contribution >= 4 is 11.6 Å². The zero-order valence-corrected chi connectivity index (χ0v) is 9.58. The van der Waals surface area contributed by atoms with Gasteiger partial charge in [0.05, 0.1) is 11.6 Å². The molecule has 1 aromatic rings. The van der Waals surface area contributed by atoms with Crippen molar-refractivity contribution in [2.75, 3.05) is 13.2 Å². The van der Waals surface area contributed by atoms with E-state index in [2.05, 4.69) is 0 Å². The predicted molar refractivity (Wildman–Crippen MR) is 59.4 cm³/mol. The number of ether oxygens (including phenoxy) is 1. The molecule has 4 heteroatoms. The molecular weight excluding hydrogens is 216 g/mol. The monoisotopic (exact) mass is 230 g/mol. The minimum absolute atomic E-state index is 0.00662. The van der Waals surface area contributed by atoms with E-state index in [9.17, 15) is 5.11 Å². The molecule has 0 aliphatic heterocycles. The second-order valence-electron chi connectivity index (χ2n) is 3.88. The van der Waals surface area contributed by atoms with Crippen LogP contribution in [-0.4, -0.2) is 29.0 Å². The van der Waals surface area contributed by atoms with Crippen LogP contribution in [0.2, 0.25) is 5.02 Å². The van der Waals surface area contributed by atoms with Crippen molar-refractivity contribution in [2.45, 2.75) is 19.4 Å². The van der Waals surface area contributed by atoms with Crippen LogP contribution in [0, 0.1) is 6.92 Å². The summed E-state index contributed by atoms with van der Waals surface area (Å²) in [5.41, 5.74) is -0.217. The maximum Gasteiger partial charge on any atom is 0.138 e. The highest BCUT2D eigenvalue weighted by molar-refractivity contribution is 6.32. The van der Waals surface area contributed by atoms with Gasteiger partial charge in [0.25, 0.3) is 0 Å². The maximum absolute atomic E-state index is 9.53. The van der Waals surface area contributed by atoms with E-state index < -0.39 is 5.60 Å². The third-order valence-electron chi connectivity index (χ3n) is 1.97. The van der Waals surface area contributed by atoms with Crippen molar-refractivity contribution in [1.82, 2.24) is 0 Å². The largest absolute Gasteiger partial charge is 0.489 e. The Morgan fingerprint density at radius 2 is 2.13 bits per heavy atom. The van der Waals surface area contributed by atoms with Crippen LogP contribution in [0.3, 0.4) is 0 Å². The molecule has 1 unspecified atom stereocenters. The second kappa shape index (κ2) is 4.84. The molecule has 0 heterocycles. The summed E-state index contributed by atoms with van der Waals surface area (Å²) in [7, 11) is 0. The molecule has 1 rings (SSSR count). The number of aliphatic hydroxyl groups excluding tert-OH is 1. The molecule has 0 aromatic heterocycles. The average Bonchev–Trinajstić information content (AvgIpc) is 2.20. The summed E-state index contributed by atoms with van der Waals surface area (Å²) in [6.45, 7) is 3.08. The normalized spacial score (nSPS) is 14.7. The molecule has 0 aliphatic carbocycles. The van der Waals surface area contributed by atoms with E-state index in [1.165, 1.54) is 6.92 Å². The van der Waals surface area contributed by atoms with Gasteiger partial charge in [0.2, 0.25) is 0 Å². The first-order chi connectivity index (χ1) is 6.94. The lowest BCUT2D eigenvalue weighted by Crippen LogP contribution is -2.36. The molecule has 0 saturated carbocycles. The quantitative estimate of drug-likeness (QED) is 0.829. The molecule has 3 nitrogen and oxygen atoms in total. The summed E-state index contributed by atoms with van der Waals surface area (Å²) in [5.74, 6) is 0.519. The summed E-state index contributed by atoms with van der Waals surface area (Å²) in [6, 6.07) is 5.40. The fourth-order valence-corrected chi connectivity index (χ4v) is 1.17. The van der Waals surface area contributed by atoms with Crippen molar-refractivity contribution in [3.63, 3.8) is 0 Å². The zero-order valence-electron chi connectivity index (χ0n) is 8.83. The highest BCUT2D eigenvalue weighted by Gasteiger charge is 2.20. The van der Waals surface area contributed by atoms with E-state index in [0.29, 0.717) is 10.8 Å². The molecule has 84 valence electrons. The molecular formula is C11H15ClO3. The van der Waals surface area contributed by atoms with Crippen LogP contribution < -0.4 is 4.74 Å². The van der Waals surface area contributed by atoms with Crippen molar-refractivity contribution in [3.05, 3.63) is 28.8 Å². The van der Waals surface area contributed by atoms with E-state index in [0.717, 1.165) is 5.56 Å². The van der Waals surface area contributed by atoms with E-state index in [1.54, 1.807) is 12.1 Å². The van der Waals surface area contributed by atoms with Gasteiger partial charge in [-0.15, -0.1) is 0 Å². The Morgan fingerprint density at radius 3 is 2.73 bits per heavy atom. The maximum atomic E-state index is 9.53. The first-order valence-electron chi connectivity index (χ1n) is 4.67. The number of hydrogen-bond donors (Lipinski definition) is 2. The molecule has 0 saturated heterocycles. The summed E-state index contributed by atoms with van der Waals surface area (Å²) in [4.78, 5) is 0. The molecule has 1 atom stereocenters. The molecule has 0 aliphatic rings. The number of hydrogen-bond acceptors (Lipinski definition) is 3. The van der Waals surface area contributed by atoms with Crippen LogP contribution in [0.15, 0.2) is 18.2 Å². The Kier molecular flexibility index (Phi) is 3.97. The lowest BCUT2D eigenvalue weighted by Gasteiger charge is -2.21. The van der Waals surface area contributed by atoms with Gasteiger partial charge < -0.3 is 14.9 Å². The molecule has 0 amide bonds. The molecule has 0 spiro atoms. The fraction of sp³-hybridized carbons (Fsp3) is 0.455. The fourth-order valence-electron chi connectivity index (χ4n) is 1.00. The van der Waals surface area contributed by atoms with Gasteiger partial charge in [-0.1, -0.05) is 17.7 Å². The van der Waals surface area contributed by atoms with E-state index in [-0.39, 0.29) is 13.2 Å². The molecule has 0 radical (unpaired) electrons. The first kappa shape index (κ1) is 12.3.